The highest BCUT2D eigenvalue weighted by Crippen LogP contribution is 2.23. The van der Waals surface area contributed by atoms with Crippen LogP contribution in [0, 0.1) is 11.6 Å². The molecular formula is C10H8BrF2NO. The van der Waals surface area contributed by atoms with E-state index in [4.69, 9.17) is 0 Å². The van der Waals surface area contributed by atoms with E-state index in [1.165, 1.54) is 12.2 Å². The summed E-state index contributed by atoms with van der Waals surface area (Å²) in [6, 6.07) is 1.88. The topological polar surface area (TPSA) is 29.1 Å². The number of halogens is 3. The maximum atomic E-state index is 13.2. The summed E-state index contributed by atoms with van der Waals surface area (Å²) < 4.78 is 26.2. The monoisotopic (exact) mass is 275 g/mol. The normalized spacial score (nSPS) is 10.7. The van der Waals surface area contributed by atoms with E-state index in [2.05, 4.69) is 21.2 Å². The molecule has 0 aromatic heterocycles. The Labute approximate surface area is 94.1 Å². The molecule has 0 saturated heterocycles. The van der Waals surface area contributed by atoms with Crippen LogP contribution in [0.15, 0.2) is 28.8 Å². The van der Waals surface area contributed by atoms with Crippen molar-refractivity contribution in [3.63, 3.8) is 0 Å². The Balaban J connectivity index is 2.95. The summed E-state index contributed by atoms with van der Waals surface area (Å²) >= 11 is 2.84. The molecule has 0 spiro atoms. The van der Waals surface area contributed by atoms with E-state index < -0.39 is 17.5 Å². The average Bonchev–Trinajstić information content (AvgIpc) is 2.14. The Morgan fingerprint density at radius 2 is 2.07 bits per heavy atom. The summed E-state index contributed by atoms with van der Waals surface area (Å²) in [5.74, 6) is -1.83. The Morgan fingerprint density at radius 1 is 1.40 bits per heavy atom. The van der Waals surface area contributed by atoms with Crippen LogP contribution in [0.2, 0.25) is 0 Å². The predicted octanol–water partition coefficient (Wildman–Crippen LogP) is 3.24. The molecule has 0 aliphatic rings. The number of hydrogen-bond acceptors (Lipinski definition) is 1. The third-order valence-corrected chi connectivity index (χ3v) is 2.19. The molecule has 0 radical (unpaired) electrons. The van der Waals surface area contributed by atoms with Crippen LogP contribution in [-0.4, -0.2) is 5.91 Å². The number of amides is 1. The van der Waals surface area contributed by atoms with Crippen molar-refractivity contribution in [1.29, 1.82) is 0 Å². The lowest BCUT2D eigenvalue weighted by molar-refractivity contribution is -0.111. The van der Waals surface area contributed by atoms with Gasteiger partial charge in [0.05, 0.1) is 10.2 Å². The Bertz CT molecular complexity index is 418. The van der Waals surface area contributed by atoms with Gasteiger partial charge in [0.2, 0.25) is 5.91 Å². The Kier molecular flexibility index (Phi) is 3.96. The van der Waals surface area contributed by atoms with Crippen molar-refractivity contribution >= 4 is 27.5 Å². The molecule has 15 heavy (non-hydrogen) atoms. The standard InChI is InChI=1S/C10H8BrF2NO/c1-2-3-10(15)14-9-5-7(12)6(11)4-8(9)13/h2-5H,1H3,(H,14,15)/b3-2+. The SMILES string of the molecule is C/C=C/C(=O)Nc1cc(F)c(Br)cc1F. The van der Waals surface area contributed by atoms with Gasteiger partial charge in [-0.2, -0.15) is 0 Å². The third kappa shape index (κ3) is 3.13. The lowest BCUT2D eigenvalue weighted by Gasteiger charge is -2.04. The van der Waals surface area contributed by atoms with Gasteiger partial charge in [0.1, 0.15) is 11.6 Å². The van der Waals surface area contributed by atoms with E-state index in [1.807, 2.05) is 0 Å². The summed E-state index contributed by atoms with van der Waals surface area (Å²) in [5.41, 5.74) is -0.182. The third-order valence-electron chi connectivity index (χ3n) is 1.59. The van der Waals surface area contributed by atoms with Gasteiger partial charge < -0.3 is 5.32 Å². The molecule has 2 nitrogen and oxygen atoms in total. The van der Waals surface area contributed by atoms with Crippen LogP contribution in [0.25, 0.3) is 0 Å². The first-order valence-corrected chi connectivity index (χ1v) is 4.92. The first-order valence-electron chi connectivity index (χ1n) is 4.13. The molecule has 1 amide bonds. The van der Waals surface area contributed by atoms with E-state index in [-0.39, 0.29) is 10.2 Å². The van der Waals surface area contributed by atoms with Crippen molar-refractivity contribution in [2.75, 3.05) is 5.32 Å². The highest BCUT2D eigenvalue weighted by atomic mass is 79.9. The quantitative estimate of drug-likeness (QED) is 0.652. The molecule has 5 heteroatoms. The summed E-state index contributed by atoms with van der Waals surface area (Å²) in [5, 5.41) is 2.22. The fourth-order valence-electron chi connectivity index (χ4n) is 0.944. The maximum absolute atomic E-state index is 13.2. The van der Waals surface area contributed by atoms with Gasteiger partial charge in [-0.05, 0) is 35.0 Å². The second kappa shape index (κ2) is 5.02. The molecule has 0 atom stereocenters. The first kappa shape index (κ1) is 11.8. The molecule has 0 fully saturated rings. The molecule has 0 saturated carbocycles. The highest BCUT2D eigenvalue weighted by Gasteiger charge is 2.09. The van der Waals surface area contributed by atoms with Gasteiger partial charge in [0.15, 0.2) is 0 Å². The van der Waals surface area contributed by atoms with Crippen LogP contribution < -0.4 is 5.32 Å². The largest absolute Gasteiger partial charge is 0.320 e. The van der Waals surface area contributed by atoms with Gasteiger partial charge in [-0.15, -0.1) is 0 Å². The number of rotatable bonds is 2. The summed E-state index contributed by atoms with van der Waals surface area (Å²) in [6.07, 6.45) is 2.72. The minimum Gasteiger partial charge on any atom is -0.320 e. The van der Waals surface area contributed by atoms with E-state index in [0.29, 0.717) is 0 Å². The molecule has 1 rings (SSSR count). The van der Waals surface area contributed by atoms with Crippen LogP contribution in [0.4, 0.5) is 14.5 Å². The van der Waals surface area contributed by atoms with Crippen molar-refractivity contribution in [2.24, 2.45) is 0 Å². The zero-order valence-corrected chi connectivity index (χ0v) is 9.44. The lowest BCUT2D eigenvalue weighted by atomic mass is 10.3. The fourth-order valence-corrected chi connectivity index (χ4v) is 1.26. The van der Waals surface area contributed by atoms with Gasteiger partial charge in [0.25, 0.3) is 0 Å². The predicted molar refractivity (Wildman–Crippen MR) is 57.5 cm³/mol. The number of anilines is 1. The summed E-state index contributed by atoms with van der Waals surface area (Å²) in [4.78, 5) is 11.1. The molecule has 1 N–H and O–H groups in total. The maximum Gasteiger partial charge on any atom is 0.248 e. The summed E-state index contributed by atoms with van der Waals surface area (Å²) in [6.45, 7) is 1.65. The van der Waals surface area contributed by atoms with Crippen molar-refractivity contribution < 1.29 is 13.6 Å². The molecule has 0 aliphatic carbocycles. The van der Waals surface area contributed by atoms with E-state index in [1.54, 1.807) is 6.92 Å². The minimum atomic E-state index is -0.693. The average molecular weight is 276 g/mol. The zero-order chi connectivity index (χ0) is 11.4. The summed E-state index contributed by atoms with van der Waals surface area (Å²) in [7, 11) is 0. The number of carbonyl (C=O) groups is 1. The van der Waals surface area contributed by atoms with Gasteiger partial charge in [-0.25, -0.2) is 8.78 Å². The van der Waals surface area contributed by atoms with E-state index in [9.17, 15) is 13.6 Å². The van der Waals surface area contributed by atoms with Crippen molar-refractivity contribution in [3.8, 4) is 0 Å². The molecule has 0 aliphatic heterocycles. The number of allylic oxidation sites excluding steroid dienone is 1. The smallest absolute Gasteiger partial charge is 0.248 e. The van der Waals surface area contributed by atoms with Crippen LogP contribution in [-0.2, 0) is 4.79 Å². The second-order valence-electron chi connectivity index (χ2n) is 2.74. The molecule has 1 aromatic rings. The van der Waals surface area contributed by atoms with Crippen LogP contribution in [0.3, 0.4) is 0 Å². The van der Waals surface area contributed by atoms with E-state index >= 15 is 0 Å². The van der Waals surface area contributed by atoms with Crippen LogP contribution in [0.1, 0.15) is 6.92 Å². The highest BCUT2D eigenvalue weighted by molar-refractivity contribution is 9.10. The molecule has 1 aromatic carbocycles. The molecule has 0 bridgehead atoms. The van der Waals surface area contributed by atoms with Crippen molar-refractivity contribution in [1.82, 2.24) is 0 Å². The lowest BCUT2D eigenvalue weighted by Crippen LogP contribution is -2.09. The van der Waals surface area contributed by atoms with Crippen molar-refractivity contribution in [2.45, 2.75) is 6.92 Å². The molecular weight excluding hydrogens is 268 g/mol. The number of carbonyl (C=O) groups excluding carboxylic acids is 1. The number of benzene rings is 1. The molecule has 0 unspecified atom stereocenters. The first-order chi connectivity index (χ1) is 7.04. The molecule has 80 valence electrons. The fraction of sp³-hybridized carbons (Fsp3) is 0.100. The number of nitrogens with one attached hydrogen (secondary N) is 1. The Morgan fingerprint density at radius 3 is 2.67 bits per heavy atom. The van der Waals surface area contributed by atoms with Gasteiger partial charge in [-0.3, -0.25) is 4.79 Å². The van der Waals surface area contributed by atoms with Crippen molar-refractivity contribution in [3.05, 3.63) is 40.4 Å². The molecule has 0 heterocycles. The minimum absolute atomic E-state index is 0.0176. The number of hydrogen-bond donors (Lipinski definition) is 1. The Hall–Kier alpha value is -1.23. The second-order valence-corrected chi connectivity index (χ2v) is 3.59. The van der Waals surface area contributed by atoms with Crippen LogP contribution >= 0.6 is 15.9 Å². The van der Waals surface area contributed by atoms with E-state index in [0.717, 1.165) is 12.1 Å². The zero-order valence-electron chi connectivity index (χ0n) is 7.85. The van der Waals surface area contributed by atoms with Gasteiger partial charge in [-0.1, -0.05) is 6.08 Å². The van der Waals surface area contributed by atoms with Crippen LogP contribution in [0.5, 0.6) is 0 Å². The van der Waals surface area contributed by atoms with Gasteiger partial charge in [0, 0.05) is 6.07 Å². The van der Waals surface area contributed by atoms with Gasteiger partial charge >= 0.3 is 0 Å².